The summed E-state index contributed by atoms with van der Waals surface area (Å²) in [4.78, 5) is 21.9. The molecule has 31 heavy (non-hydrogen) atoms. The molecule has 7 nitrogen and oxygen atoms in total. The Morgan fingerprint density at radius 2 is 1.68 bits per heavy atom. The Bertz CT molecular complexity index is 1170. The Balaban J connectivity index is 1.43. The van der Waals surface area contributed by atoms with E-state index in [-0.39, 0.29) is 15.9 Å². The first-order chi connectivity index (χ1) is 14.8. The van der Waals surface area contributed by atoms with Crippen molar-refractivity contribution in [3.05, 3.63) is 70.2 Å². The van der Waals surface area contributed by atoms with Gasteiger partial charge in [-0.05, 0) is 43.3 Å². The maximum Gasteiger partial charge on any atom is 0.266 e. The van der Waals surface area contributed by atoms with Gasteiger partial charge >= 0.3 is 0 Å². The molecule has 1 saturated heterocycles. The number of aryl methyl sites for hydroxylation is 1. The van der Waals surface area contributed by atoms with Crippen molar-refractivity contribution in [1.29, 1.82) is 0 Å². The molecule has 1 aliphatic heterocycles. The highest BCUT2D eigenvalue weighted by atomic mass is 35.5. The Morgan fingerprint density at radius 3 is 2.32 bits per heavy atom. The van der Waals surface area contributed by atoms with Gasteiger partial charge in [0.25, 0.3) is 15.9 Å². The minimum atomic E-state index is -3.75. The Kier molecular flexibility index (Phi) is 6.17. The summed E-state index contributed by atoms with van der Waals surface area (Å²) in [6, 6.07) is 15.7. The van der Waals surface area contributed by atoms with E-state index in [1.54, 1.807) is 30.0 Å². The number of carbonyl (C=O) groups excluding carboxylic acids is 1. The summed E-state index contributed by atoms with van der Waals surface area (Å²) in [5.41, 5.74) is 1.59. The number of anilines is 2. The molecule has 0 aliphatic carbocycles. The van der Waals surface area contributed by atoms with Crippen molar-refractivity contribution in [3.8, 4) is 0 Å². The molecule has 2 heterocycles. The fourth-order valence-electron chi connectivity index (χ4n) is 3.38. The third kappa shape index (κ3) is 4.84. The van der Waals surface area contributed by atoms with E-state index in [2.05, 4.69) is 14.6 Å². The average molecular weight is 477 g/mol. The highest BCUT2D eigenvalue weighted by molar-refractivity contribution is 7.93. The zero-order valence-corrected chi connectivity index (χ0v) is 19.2. The van der Waals surface area contributed by atoms with Gasteiger partial charge in [0.15, 0.2) is 5.13 Å². The van der Waals surface area contributed by atoms with E-state index in [9.17, 15) is 13.2 Å². The number of nitrogens with one attached hydrogen (secondary N) is 1. The smallest absolute Gasteiger partial charge is 0.266 e. The lowest BCUT2D eigenvalue weighted by atomic mass is 10.2. The molecule has 0 saturated carbocycles. The van der Waals surface area contributed by atoms with E-state index in [0.29, 0.717) is 41.8 Å². The van der Waals surface area contributed by atoms with E-state index in [1.165, 1.54) is 12.1 Å². The minimum absolute atomic E-state index is 0.129. The van der Waals surface area contributed by atoms with E-state index >= 15 is 0 Å². The maximum atomic E-state index is 13.0. The molecule has 3 aromatic rings. The number of sulfonamides is 1. The quantitative estimate of drug-likeness (QED) is 0.604. The number of amides is 1. The van der Waals surface area contributed by atoms with Crippen molar-refractivity contribution in [2.24, 2.45) is 0 Å². The number of rotatable bonds is 5. The van der Waals surface area contributed by atoms with Crippen LogP contribution in [-0.4, -0.2) is 50.4 Å². The molecule has 1 aliphatic rings. The number of aromatic nitrogens is 1. The van der Waals surface area contributed by atoms with Crippen LogP contribution in [0.2, 0.25) is 5.02 Å². The molecule has 1 aromatic heterocycles. The fraction of sp³-hybridized carbons (Fsp3) is 0.238. The lowest BCUT2D eigenvalue weighted by Gasteiger charge is -2.36. The average Bonchev–Trinajstić information content (AvgIpc) is 3.13. The van der Waals surface area contributed by atoms with Gasteiger partial charge in [-0.3, -0.25) is 9.52 Å². The molecule has 0 atom stereocenters. The molecule has 1 N–H and O–H groups in total. The first-order valence-electron chi connectivity index (χ1n) is 9.68. The number of hydrogen-bond donors (Lipinski definition) is 1. The predicted molar refractivity (Wildman–Crippen MR) is 124 cm³/mol. The number of thiazole rings is 1. The molecule has 4 rings (SSSR count). The van der Waals surface area contributed by atoms with E-state index in [4.69, 9.17) is 11.6 Å². The van der Waals surface area contributed by atoms with Gasteiger partial charge in [-0.2, -0.15) is 0 Å². The zero-order valence-electron chi connectivity index (χ0n) is 16.8. The van der Waals surface area contributed by atoms with Gasteiger partial charge in [0.05, 0.1) is 10.6 Å². The van der Waals surface area contributed by atoms with Crippen LogP contribution in [0, 0.1) is 6.92 Å². The topological polar surface area (TPSA) is 82.6 Å². The largest absolute Gasteiger partial charge is 0.368 e. The summed E-state index contributed by atoms with van der Waals surface area (Å²) in [5, 5.41) is 0.876. The van der Waals surface area contributed by atoms with Gasteiger partial charge in [-0.1, -0.05) is 41.1 Å². The monoisotopic (exact) mass is 476 g/mol. The second-order valence-corrected chi connectivity index (χ2v) is 10.2. The van der Waals surface area contributed by atoms with E-state index in [1.807, 2.05) is 24.3 Å². The Labute approximate surface area is 190 Å². The molecular formula is C21H21ClN4O3S2. The fourth-order valence-corrected chi connectivity index (χ4v) is 5.69. The molecule has 1 amide bonds. The molecule has 2 aromatic carbocycles. The molecule has 1 fully saturated rings. The van der Waals surface area contributed by atoms with Crippen molar-refractivity contribution in [3.63, 3.8) is 0 Å². The van der Waals surface area contributed by atoms with Crippen LogP contribution in [0.25, 0.3) is 0 Å². The van der Waals surface area contributed by atoms with Crippen molar-refractivity contribution in [2.45, 2.75) is 11.8 Å². The Morgan fingerprint density at radius 1 is 1.03 bits per heavy atom. The molecule has 10 heteroatoms. The number of carbonyl (C=O) groups is 1. The van der Waals surface area contributed by atoms with Gasteiger partial charge in [0.2, 0.25) is 0 Å². The van der Waals surface area contributed by atoms with Crippen molar-refractivity contribution in [1.82, 2.24) is 9.88 Å². The number of hydrogen-bond acceptors (Lipinski definition) is 6. The molecule has 0 spiro atoms. The van der Waals surface area contributed by atoms with Gasteiger partial charge in [-0.15, -0.1) is 0 Å². The van der Waals surface area contributed by atoms with Gasteiger partial charge in [-0.25, -0.2) is 13.4 Å². The Hall–Kier alpha value is -2.62. The van der Waals surface area contributed by atoms with Crippen molar-refractivity contribution < 1.29 is 13.2 Å². The molecule has 0 bridgehead atoms. The first-order valence-corrected chi connectivity index (χ1v) is 12.4. The van der Waals surface area contributed by atoms with Crippen LogP contribution >= 0.6 is 22.9 Å². The summed E-state index contributed by atoms with van der Waals surface area (Å²) in [7, 11) is -3.75. The van der Waals surface area contributed by atoms with Crippen LogP contribution in [0.5, 0.6) is 0 Å². The predicted octanol–water partition coefficient (Wildman–Crippen LogP) is 3.87. The van der Waals surface area contributed by atoms with Gasteiger partial charge in [0.1, 0.15) is 4.88 Å². The van der Waals surface area contributed by atoms with Crippen LogP contribution in [-0.2, 0) is 10.0 Å². The first kappa shape index (κ1) is 21.6. The van der Waals surface area contributed by atoms with Crippen LogP contribution in [0.4, 0.5) is 10.8 Å². The molecule has 0 unspecified atom stereocenters. The maximum absolute atomic E-state index is 13.0. The summed E-state index contributed by atoms with van der Waals surface area (Å²) < 4.78 is 27.5. The van der Waals surface area contributed by atoms with E-state index < -0.39 is 10.0 Å². The lowest BCUT2D eigenvalue weighted by Crippen LogP contribution is -2.48. The minimum Gasteiger partial charge on any atom is -0.368 e. The van der Waals surface area contributed by atoms with Crippen LogP contribution in [0.3, 0.4) is 0 Å². The normalized spacial score (nSPS) is 14.5. The number of nitrogens with zero attached hydrogens (tertiary/aromatic N) is 3. The van der Waals surface area contributed by atoms with Crippen LogP contribution in [0.15, 0.2) is 59.5 Å². The second-order valence-electron chi connectivity index (χ2n) is 7.11. The van der Waals surface area contributed by atoms with Crippen molar-refractivity contribution >= 4 is 49.7 Å². The second kappa shape index (κ2) is 8.86. The van der Waals surface area contributed by atoms with E-state index in [0.717, 1.165) is 17.0 Å². The zero-order chi connectivity index (χ0) is 22.0. The lowest BCUT2D eigenvalue weighted by molar-refractivity contribution is 0.0750. The van der Waals surface area contributed by atoms with Gasteiger partial charge in [0, 0.05) is 36.9 Å². The van der Waals surface area contributed by atoms with Crippen LogP contribution < -0.4 is 9.62 Å². The number of benzene rings is 2. The van der Waals surface area contributed by atoms with Gasteiger partial charge < -0.3 is 9.80 Å². The number of piperazine rings is 1. The molecule has 162 valence electrons. The van der Waals surface area contributed by atoms with Crippen molar-refractivity contribution in [2.75, 3.05) is 35.8 Å². The summed E-state index contributed by atoms with van der Waals surface area (Å²) >= 11 is 7.02. The summed E-state index contributed by atoms with van der Waals surface area (Å²) in [6.45, 7) is 4.28. The summed E-state index contributed by atoms with van der Waals surface area (Å²) in [6.07, 6.45) is 0. The molecular weight excluding hydrogens is 456 g/mol. The standard InChI is InChI=1S/C21H21ClN4O3S2/c1-15-19(30-21(23-15)24-31(28,29)18-5-3-2-4-6-18)20(27)26-13-11-25(12-14-26)17-9-7-16(22)8-10-17/h2-10H,11-14H2,1H3,(H,23,24). The SMILES string of the molecule is Cc1nc(NS(=O)(=O)c2ccccc2)sc1C(=O)N1CCN(c2ccc(Cl)cc2)CC1. The third-order valence-corrected chi connectivity index (χ3v) is 7.82. The number of halogens is 1. The summed E-state index contributed by atoms with van der Waals surface area (Å²) in [5.74, 6) is -0.129. The highest BCUT2D eigenvalue weighted by Gasteiger charge is 2.26. The third-order valence-electron chi connectivity index (χ3n) is 5.02. The highest BCUT2D eigenvalue weighted by Crippen LogP contribution is 2.27. The van der Waals surface area contributed by atoms with Crippen LogP contribution in [0.1, 0.15) is 15.4 Å². The molecule has 0 radical (unpaired) electrons.